The lowest BCUT2D eigenvalue weighted by Gasteiger charge is -2.13. The summed E-state index contributed by atoms with van der Waals surface area (Å²) in [5, 5.41) is 19.7. The van der Waals surface area contributed by atoms with Crippen LogP contribution >= 0.6 is 0 Å². The third kappa shape index (κ3) is 6.41. The zero-order valence-corrected chi connectivity index (χ0v) is 27.6. The Morgan fingerprint density at radius 2 is 1.23 bits per heavy atom. The highest BCUT2D eigenvalue weighted by Gasteiger charge is 2.25. The second-order valence-corrected chi connectivity index (χ2v) is 13.1. The maximum absolute atomic E-state index is 12.4. The normalized spacial score (nSPS) is 14.1. The van der Waals surface area contributed by atoms with Crippen molar-refractivity contribution in [3.8, 4) is 22.3 Å². The van der Waals surface area contributed by atoms with Gasteiger partial charge in [-0.25, -0.2) is 0 Å². The van der Waals surface area contributed by atoms with Crippen LogP contribution in [-0.2, 0) is 7.05 Å². The minimum absolute atomic E-state index is 0.0289. The molecule has 2 fully saturated rings. The van der Waals surface area contributed by atoms with E-state index in [1.54, 1.807) is 0 Å². The molecule has 0 aliphatic heterocycles. The van der Waals surface area contributed by atoms with Gasteiger partial charge in [0.05, 0.1) is 23.4 Å². The van der Waals surface area contributed by atoms with Crippen molar-refractivity contribution in [1.29, 1.82) is 0 Å². The number of aromatic amines is 1. The predicted molar refractivity (Wildman–Crippen MR) is 188 cm³/mol. The van der Waals surface area contributed by atoms with Gasteiger partial charge in [0.1, 0.15) is 0 Å². The van der Waals surface area contributed by atoms with Gasteiger partial charge >= 0.3 is 0 Å². The van der Waals surface area contributed by atoms with Crippen molar-refractivity contribution < 1.29 is 9.59 Å². The van der Waals surface area contributed by atoms with Gasteiger partial charge in [-0.1, -0.05) is 12.1 Å². The standard InChI is InChI=1S/C20H21N3O.C19H19N3O/c1-12-8-15(20(24)22-17-5-6-17)10-18(13(12)2)14-4-7-19-16(9-14)11-21-23(19)3;1-11-7-14(19(23)21-16-4-5-16)9-17(12(11)2)13-3-6-18-15(8-13)10-20-22-18/h4,7-11,17H,5-6H2,1-3H3,(H,22,24);3,6-10,16H,4-5H2,1-2H3,(H,20,22)(H,21,23). The fraction of sp³-hybridized carbons (Fsp3) is 0.282. The summed E-state index contributed by atoms with van der Waals surface area (Å²) < 4.78 is 1.87. The van der Waals surface area contributed by atoms with E-state index in [-0.39, 0.29) is 11.8 Å². The molecule has 2 aromatic heterocycles. The molecule has 47 heavy (non-hydrogen) atoms. The first kappa shape index (κ1) is 30.4. The minimum atomic E-state index is 0.0289. The molecule has 0 spiro atoms. The zero-order valence-electron chi connectivity index (χ0n) is 27.6. The van der Waals surface area contributed by atoms with Crippen molar-refractivity contribution in [3.05, 3.63) is 106 Å². The number of nitrogens with zero attached hydrogens (tertiary/aromatic N) is 3. The number of H-pyrrole nitrogens is 1. The van der Waals surface area contributed by atoms with E-state index in [4.69, 9.17) is 0 Å². The average Bonchev–Trinajstić information content (AvgIpc) is 3.98. The molecule has 2 aliphatic carbocycles. The Morgan fingerprint density at radius 1 is 0.702 bits per heavy atom. The predicted octanol–water partition coefficient (Wildman–Crippen LogP) is 7.49. The zero-order chi connectivity index (χ0) is 32.8. The van der Waals surface area contributed by atoms with Gasteiger partial charge in [-0.15, -0.1) is 0 Å². The number of nitrogens with one attached hydrogen (secondary N) is 3. The molecule has 0 bridgehead atoms. The smallest absolute Gasteiger partial charge is 0.251 e. The third-order valence-electron chi connectivity index (χ3n) is 9.49. The van der Waals surface area contributed by atoms with Crippen molar-refractivity contribution in [1.82, 2.24) is 30.6 Å². The van der Waals surface area contributed by atoms with Gasteiger partial charge in [0, 0.05) is 41.0 Å². The SMILES string of the molecule is Cc1cc(C(=O)NC2CC2)cc(-c2ccc3[nH]ncc3c2)c1C.Cc1cc(C(=O)NC2CC2)cc(-c2ccc3c(cnn3C)c2)c1C. The Bertz CT molecular complexity index is 2170. The first-order valence-corrected chi connectivity index (χ1v) is 16.3. The van der Waals surface area contributed by atoms with Crippen LogP contribution in [0.25, 0.3) is 44.1 Å². The van der Waals surface area contributed by atoms with Crippen molar-refractivity contribution in [2.75, 3.05) is 0 Å². The number of carbonyl (C=O) groups is 2. The molecule has 0 unspecified atom stereocenters. The van der Waals surface area contributed by atoms with Gasteiger partial charge in [-0.3, -0.25) is 19.4 Å². The average molecular weight is 625 g/mol. The lowest BCUT2D eigenvalue weighted by Crippen LogP contribution is -2.25. The van der Waals surface area contributed by atoms with Crippen LogP contribution in [0.4, 0.5) is 0 Å². The lowest BCUT2D eigenvalue weighted by molar-refractivity contribution is 0.0942. The minimum Gasteiger partial charge on any atom is -0.349 e. The van der Waals surface area contributed by atoms with Gasteiger partial charge in [0.25, 0.3) is 11.8 Å². The van der Waals surface area contributed by atoms with Crippen molar-refractivity contribution in [2.45, 2.75) is 65.5 Å². The second kappa shape index (κ2) is 12.2. The maximum atomic E-state index is 12.4. The van der Waals surface area contributed by atoms with Gasteiger partial charge in [0.2, 0.25) is 0 Å². The number of fused-ring (bicyclic) bond motifs is 2. The molecule has 238 valence electrons. The number of hydrogen-bond donors (Lipinski definition) is 3. The molecular formula is C39H40N6O2. The number of aromatic nitrogens is 4. The Kier molecular flexibility index (Phi) is 7.88. The van der Waals surface area contributed by atoms with Crippen molar-refractivity contribution in [2.24, 2.45) is 7.05 Å². The Balaban J connectivity index is 0.000000150. The molecule has 6 aromatic rings. The van der Waals surface area contributed by atoms with Crippen LogP contribution in [0.3, 0.4) is 0 Å². The fourth-order valence-electron chi connectivity index (χ4n) is 6.01. The van der Waals surface area contributed by atoms with Crippen LogP contribution < -0.4 is 10.6 Å². The monoisotopic (exact) mass is 624 g/mol. The molecule has 3 N–H and O–H groups in total. The van der Waals surface area contributed by atoms with Gasteiger partial charge in [0.15, 0.2) is 0 Å². The first-order chi connectivity index (χ1) is 22.6. The molecular weight excluding hydrogens is 584 g/mol. The van der Waals surface area contributed by atoms with E-state index < -0.39 is 0 Å². The molecule has 2 aliphatic rings. The van der Waals surface area contributed by atoms with Crippen LogP contribution in [0.2, 0.25) is 0 Å². The third-order valence-corrected chi connectivity index (χ3v) is 9.49. The molecule has 2 saturated carbocycles. The number of benzene rings is 4. The van der Waals surface area contributed by atoms with Gasteiger partial charge in [-0.2, -0.15) is 10.2 Å². The summed E-state index contributed by atoms with van der Waals surface area (Å²) in [6.07, 6.45) is 8.10. The molecule has 8 nitrogen and oxygen atoms in total. The van der Waals surface area contributed by atoms with Crippen LogP contribution in [0.5, 0.6) is 0 Å². The fourth-order valence-corrected chi connectivity index (χ4v) is 6.01. The first-order valence-electron chi connectivity index (χ1n) is 16.3. The summed E-state index contributed by atoms with van der Waals surface area (Å²) in [7, 11) is 1.94. The van der Waals surface area contributed by atoms with E-state index in [9.17, 15) is 9.59 Å². The highest BCUT2D eigenvalue weighted by atomic mass is 16.2. The summed E-state index contributed by atoms with van der Waals surface area (Å²) in [6.45, 7) is 8.34. The molecule has 8 rings (SSSR count). The molecule has 4 aromatic carbocycles. The van der Waals surface area contributed by atoms with E-state index in [2.05, 4.69) is 84.0 Å². The van der Waals surface area contributed by atoms with E-state index in [0.717, 1.165) is 92.0 Å². The van der Waals surface area contributed by atoms with E-state index in [1.165, 1.54) is 11.1 Å². The molecule has 2 heterocycles. The summed E-state index contributed by atoms with van der Waals surface area (Å²) in [5.74, 6) is 0.0607. The maximum Gasteiger partial charge on any atom is 0.251 e. The van der Waals surface area contributed by atoms with Crippen LogP contribution in [0, 0.1) is 27.7 Å². The van der Waals surface area contributed by atoms with Gasteiger partial charge in [-0.05, 0) is 146 Å². The number of amides is 2. The molecule has 0 saturated heterocycles. The van der Waals surface area contributed by atoms with E-state index in [0.29, 0.717) is 12.1 Å². The van der Waals surface area contributed by atoms with Gasteiger partial charge < -0.3 is 10.6 Å². The molecule has 8 heteroatoms. The number of hydrogen-bond acceptors (Lipinski definition) is 4. The topological polar surface area (TPSA) is 105 Å². The Morgan fingerprint density at radius 3 is 1.79 bits per heavy atom. The second-order valence-electron chi connectivity index (χ2n) is 13.1. The quantitative estimate of drug-likeness (QED) is 0.179. The number of rotatable bonds is 6. The highest BCUT2D eigenvalue weighted by Crippen LogP contribution is 2.32. The van der Waals surface area contributed by atoms with Crippen LogP contribution in [0.1, 0.15) is 68.7 Å². The molecule has 2 amide bonds. The summed E-state index contributed by atoms with van der Waals surface area (Å²) >= 11 is 0. The molecule has 0 atom stereocenters. The summed E-state index contributed by atoms with van der Waals surface area (Å²) in [6, 6.07) is 21.3. The van der Waals surface area contributed by atoms with Crippen molar-refractivity contribution >= 4 is 33.6 Å². The van der Waals surface area contributed by atoms with E-state index >= 15 is 0 Å². The largest absolute Gasteiger partial charge is 0.349 e. The lowest BCUT2D eigenvalue weighted by atomic mass is 9.93. The van der Waals surface area contributed by atoms with E-state index in [1.807, 2.05) is 54.5 Å². The Labute approximate surface area is 274 Å². The van der Waals surface area contributed by atoms with Crippen LogP contribution in [-0.4, -0.2) is 43.9 Å². The van der Waals surface area contributed by atoms with Crippen molar-refractivity contribution in [3.63, 3.8) is 0 Å². The Hall–Kier alpha value is -5.24. The number of carbonyl (C=O) groups excluding carboxylic acids is 2. The summed E-state index contributed by atoms with van der Waals surface area (Å²) in [5.41, 5.74) is 12.7. The highest BCUT2D eigenvalue weighted by molar-refractivity contribution is 5.98. The van der Waals surface area contributed by atoms with Crippen LogP contribution in [0.15, 0.2) is 73.1 Å². The molecule has 0 radical (unpaired) electrons. The summed E-state index contributed by atoms with van der Waals surface area (Å²) in [4.78, 5) is 24.8. The number of aryl methyl sites for hydroxylation is 3.